The first kappa shape index (κ1) is 15.0. The van der Waals surface area contributed by atoms with E-state index in [4.69, 9.17) is 10.2 Å². The van der Waals surface area contributed by atoms with Crippen molar-refractivity contribution < 1.29 is 19.8 Å². The molecule has 0 heterocycles. The van der Waals surface area contributed by atoms with E-state index < -0.39 is 17.9 Å². The Morgan fingerprint density at radius 2 is 1.79 bits per heavy atom. The van der Waals surface area contributed by atoms with Gasteiger partial charge in [0.15, 0.2) is 0 Å². The molecule has 0 aliphatic carbocycles. The van der Waals surface area contributed by atoms with Crippen LogP contribution in [0.15, 0.2) is 12.1 Å². The van der Waals surface area contributed by atoms with Crippen LogP contribution in [-0.4, -0.2) is 28.7 Å². The molecule has 104 valence electrons. The number of carboxylic acid groups (broad SMARTS) is 2. The van der Waals surface area contributed by atoms with E-state index in [1.54, 1.807) is 0 Å². The fourth-order valence-electron chi connectivity index (χ4n) is 1.84. The molecule has 19 heavy (non-hydrogen) atoms. The number of carboxylic acids is 2. The molecule has 0 radical (unpaired) electrons. The maximum atomic E-state index is 11.0. The van der Waals surface area contributed by atoms with Crippen molar-refractivity contribution in [1.82, 2.24) is 0 Å². The lowest BCUT2D eigenvalue weighted by Crippen LogP contribution is -2.25. The minimum atomic E-state index is -1.11. The Hall–Kier alpha value is -2.04. The molecule has 0 amide bonds. The van der Waals surface area contributed by atoms with Gasteiger partial charge in [0, 0.05) is 12.2 Å². The largest absolute Gasteiger partial charge is 0.481 e. The van der Waals surface area contributed by atoms with Crippen LogP contribution in [0.5, 0.6) is 0 Å². The number of aliphatic carboxylic acids is 2. The zero-order valence-corrected chi connectivity index (χ0v) is 11.4. The minimum absolute atomic E-state index is 0.102. The molecule has 0 saturated carbocycles. The number of benzene rings is 1. The SMILES string of the molecule is Cc1ccc(NCC(CC(=O)O)C(=O)O)c(C)c1C. The van der Waals surface area contributed by atoms with Gasteiger partial charge in [0.25, 0.3) is 0 Å². The molecule has 1 aromatic rings. The van der Waals surface area contributed by atoms with Crippen molar-refractivity contribution in [2.45, 2.75) is 27.2 Å². The molecule has 0 aliphatic heterocycles. The van der Waals surface area contributed by atoms with Crippen LogP contribution >= 0.6 is 0 Å². The van der Waals surface area contributed by atoms with Crippen LogP contribution < -0.4 is 5.32 Å². The second-order valence-electron chi connectivity index (χ2n) is 4.69. The monoisotopic (exact) mass is 265 g/mol. The van der Waals surface area contributed by atoms with E-state index >= 15 is 0 Å². The summed E-state index contributed by atoms with van der Waals surface area (Å²) in [6, 6.07) is 3.84. The van der Waals surface area contributed by atoms with E-state index in [1.807, 2.05) is 32.9 Å². The maximum Gasteiger partial charge on any atom is 0.308 e. The molecule has 1 aromatic carbocycles. The summed E-state index contributed by atoms with van der Waals surface area (Å²) < 4.78 is 0. The zero-order valence-electron chi connectivity index (χ0n) is 11.4. The number of anilines is 1. The van der Waals surface area contributed by atoms with Crippen LogP contribution in [-0.2, 0) is 9.59 Å². The summed E-state index contributed by atoms with van der Waals surface area (Å²) >= 11 is 0. The van der Waals surface area contributed by atoms with Gasteiger partial charge in [0.05, 0.1) is 12.3 Å². The molecule has 1 unspecified atom stereocenters. The summed E-state index contributed by atoms with van der Waals surface area (Å²) in [4.78, 5) is 21.6. The Morgan fingerprint density at radius 3 is 2.32 bits per heavy atom. The van der Waals surface area contributed by atoms with Gasteiger partial charge in [-0.25, -0.2) is 0 Å². The lowest BCUT2D eigenvalue weighted by Gasteiger charge is -2.16. The normalized spacial score (nSPS) is 11.9. The fraction of sp³-hybridized carbons (Fsp3) is 0.429. The van der Waals surface area contributed by atoms with Gasteiger partial charge in [-0.1, -0.05) is 6.07 Å². The molecule has 0 bridgehead atoms. The van der Waals surface area contributed by atoms with Crippen LogP contribution in [0, 0.1) is 26.7 Å². The van der Waals surface area contributed by atoms with Crippen molar-refractivity contribution in [3.05, 3.63) is 28.8 Å². The standard InChI is InChI=1S/C14H19NO4/c1-8-4-5-12(10(3)9(8)2)15-7-11(14(18)19)6-13(16)17/h4-5,11,15H,6-7H2,1-3H3,(H,16,17)(H,18,19). The van der Waals surface area contributed by atoms with Crippen LogP contribution in [0.1, 0.15) is 23.1 Å². The highest BCUT2D eigenvalue weighted by atomic mass is 16.4. The number of aryl methyl sites for hydroxylation is 1. The van der Waals surface area contributed by atoms with Crippen LogP contribution in [0.2, 0.25) is 0 Å². The van der Waals surface area contributed by atoms with Crippen LogP contribution in [0.3, 0.4) is 0 Å². The summed E-state index contributed by atoms with van der Waals surface area (Å²) in [5, 5.41) is 20.7. The molecule has 0 aliphatic rings. The number of rotatable bonds is 6. The molecule has 0 fully saturated rings. The summed E-state index contributed by atoms with van der Waals surface area (Å²) in [6.07, 6.45) is -0.383. The molecule has 1 atom stereocenters. The van der Waals surface area contributed by atoms with Crippen LogP contribution in [0.4, 0.5) is 5.69 Å². The van der Waals surface area contributed by atoms with Crippen molar-refractivity contribution >= 4 is 17.6 Å². The van der Waals surface area contributed by atoms with Gasteiger partial charge in [0.2, 0.25) is 0 Å². The maximum absolute atomic E-state index is 11.0. The third-order valence-corrected chi connectivity index (χ3v) is 3.37. The molecule has 3 N–H and O–H groups in total. The van der Waals surface area contributed by atoms with E-state index in [-0.39, 0.29) is 13.0 Å². The highest BCUT2D eigenvalue weighted by Crippen LogP contribution is 2.22. The van der Waals surface area contributed by atoms with E-state index in [1.165, 1.54) is 5.56 Å². The van der Waals surface area contributed by atoms with Crippen molar-refractivity contribution in [3.8, 4) is 0 Å². The fourth-order valence-corrected chi connectivity index (χ4v) is 1.84. The second kappa shape index (κ2) is 6.22. The quantitative estimate of drug-likeness (QED) is 0.734. The molecule has 1 rings (SSSR count). The first-order valence-corrected chi connectivity index (χ1v) is 6.08. The average molecular weight is 265 g/mol. The van der Waals surface area contributed by atoms with Gasteiger partial charge in [-0.15, -0.1) is 0 Å². The lowest BCUT2D eigenvalue weighted by molar-refractivity contribution is -0.147. The zero-order chi connectivity index (χ0) is 14.6. The predicted octanol–water partition coefficient (Wildman–Crippen LogP) is 2.20. The molecule has 0 spiro atoms. The van der Waals surface area contributed by atoms with Crippen molar-refractivity contribution in [2.24, 2.45) is 5.92 Å². The Balaban J connectivity index is 2.77. The van der Waals surface area contributed by atoms with Gasteiger partial charge < -0.3 is 15.5 Å². The first-order chi connectivity index (χ1) is 8.82. The van der Waals surface area contributed by atoms with Crippen molar-refractivity contribution in [1.29, 1.82) is 0 Å². The topological polar surface area (TPSA) is 86.6 Å². The molecule has 5 nitrogen and oxygen atoms in total. The third-order valence-electron chi connectivity index (χ3n) is 3.37. The Kier molecular flexibility index (Phi) is 4.92. The van der Waals surface area contributed by atoms with Gasteiger partial charge in [-0.2, -0.15) is 0 Å². The summed E-state index contributed by atoms with van der Waals surface area (Å²) in [6.45, 7) is 6.07. The minimum Gasteiger partial charge on any atom is -0.481 e. The van der Waals surface area contributed by atoms with Gasteiger partial charge in [-0.05, 0) is 43.5 Å². The first-order valence-electron chi connectivity index (χ1n) is 6.08. The molecule has 5 heteroatoms. The van der Waals surface area contributed by atoms with E-state index in [9.17, 15) is 9.59 Å². The highest BCUT2D eigenvalue weighted by molar-refractivity contribution is 5.78. The second-order valence-corrected chi connectivity index (χ2v) is 4.69. The Labute approximate surface area is 112 Å². The summed E-state index contributed by atoms with van der Waals surface area (Å²) in [5.41, 5.74) is 4.22. The Bertz CT molecular complexity index is 496. The smallest absolute Gasteiger partial charge is 0.308 e. The molecular weight excluding hydrogens is 246 g/mol. The van der Waals surface area contributed by atoms with Crippen molar-refractivity contribution in [2.75, 3.05) is 11.9 Å². The third kappa shape index (κ3) is 3.98. The van der Waals surface area contributed by atoms with Crippen LogP contribution in [0.25, 0.3) is 0 Å². The summed E-state index contributed by atoms with van der Waals surface area (Å²) in [7, 11) is 0. The van der Waals surface area contributed by atoms with E-state index in [0.717, 1.165) is 16.8 Å². The lowest BCUT2D eigenvalue weighted by atomic mass is 10.0. The number of hydrogen-bond donors (Lipinski definition) is 3. The average Bonchev–Trinajstić information content (AvgIpc) is 2.33. The van der Waals surface area contributed by atoms with Gasteiger partial charge in [0.1, 0.15) is 0 Å². The number of nitrogens with one attached hydrogen (secondary N) is 1. The van der Waals surface area contributed by atoms with Gasteiger partial charge in [-0.3, -0.25) is 9.59 Å². The molecular formula is C14H19NO4. The van der Waals surface area contributed by atoms with Crippen molar-refractivity contribution in [3.63, 3.8) is 0 Å². The predicted molar refractivity (Wildman–Crippen MR) is 72.5 cm³/mol. The molecule has 0 aromatic heterocycles. The van der Waals surface area contributed by atoms with Gasteiger partial charge >= 0.3 is 11.9 Å². The highest BCUT2D eigenvalue weighted by Gasteiger charge is 2.21. The van der Waals surface area contributed by atoms with E-state index in [2.05, 4.69) is 5.32 Å². The Morgan fingerprint density at radius 1 is 1.16 bits per heavy atom. The molecule has 0 saturated heterocycles. The van der Waals surface area contributed by atoms with E-state index in [0.29, 0.717) is 0 Å². The number of hydrogen-bond acceptors (Lipinski definition) is 3. The summed E-state index contributed by atoms with van der Waals surface area (Å²) in [5.74, 6) is -3.14. The number of carbonyl (C=O) groups is 2.